The average molecular weight is 980 g/mol. The summed E-state index contributed by atoms with van der Waals surface area (Å²) in [5, 5.41) is 19.3. The van der Waals surface area contributed by atoms with Gasteiger partial charge < -0.3 is 34.3 Å². The number of aromatic nitrogens is 3. The summed E-state index contributed by atoms with van der Waals surface area (Å²) in [5.74, 6) is 0.0468. The van der Waals surface area contributed by atoms with Gasteiger partial charge in [0.25, 0.3) is 12.4 Å². The van der Waals surface area contributed by atoms with Gasteiger partial charge in [0, 0.05) is 68.4 Å². The first-order chi connectivity index (χ1) is 33.8. The Hall–Kier alpha value is -6.69. The van der Waals surface area contributed by atoms with E-state index in [1.165, 1.54) is 10.8 Å². The number of nitrogens with one attached hydrogen (secondary N) is 3. The molecule has 3 amide bonds. The molecular formula is C54H77N9O8. The van der Waals surface area contributed by atoms with Crippen molar-refractivity contribution >= 4 is 59.5 Å². The Labute approximate surface area is 420 Å². The summed E-state index contributed by atoms with van der Waals surface area (Å²) in [6.45, 7) is 25.9. The zero-order valence-corrected chi connectivity index (χ0v) is 43.9. The number of nitrogens with zero attached hydrogens (tertiary/aromatic N) is 6. The molecule has 3 heterocycles. The van der Waals surface area contributed by atoms with Crippen LogP contribution in [0.25, 0.3) is 28.1 Å². The monoisotopic (exact) mass is 980 g/mol. The van der Waals surface area contributed by atoms with Gasteiger partial charge in [0.1, 0.15) is 17.6 Å². The van der Waals surface area contributed by atoms with Crippen LogP contribution in [0.3, 0.4) is 0 Å². The van der Waals surface area contributed by atoms with E-state index in [9.17, 15) is 29.1 Å². The van der Waals surface area contributed by atoms with Gasteiger partial charge in [-0.3, -0.25) is 38.9 Å². The summed E-state index contributed by atoms with van der Waals surface area (Å²) in [4.78, 5) is 70.4. The third-order valence-electron chi connectivity index (χ3n) is 11.9. The lowest BCUT2D eigenvalue weighted by Gasteiger charge is -2.33. The topological polar surface area (TPSA) is 202 Å². The molecule has 4 aromatic rings. The minimum atomic E-state index is -0.853. The van der Waals surface area contributed by atoms with Gasteiger partial charge in [-0.2, -0.15) is 0 Å². The van der Waals surface area contributed by atoms with Gasteiger partial charge in [0.2, 0.25) is 11.8 Å². The van der Waals surface area contributed by atoms with Crippen molar-refractivity contribution in [1.82, 2.24) is 34.8 Å². The van der Waals surface area contributed by atoms with E-state index in [-0.39, 0.29) is 54.3 Å². The number of phenolic OH excluding ortho intramolecular Hbond substituents is 1. The molecule has 386 valence electrons. The molecule has 5 rings (SSSR count). The number of allylic oxidation sites excluding steroid dienone is 1. The first-order valence-corrected chi connectivity index (χ1v) is 24.2. The number of rotatable bonds is 22. The Bertz CT molecular complexity index is 2500. The van der Waals surface area contributed by atoms with Crippen molar-refractivity contribution < 1.29 is 38.6 Å². The molecular weight excluding hydrogens is 903 g/mol. The molecule has 2 aromatic heterocycles. The van der Waals surface area contributed by atoms with Gasteiger partial charge in [-0.1, -0.05) is 72.9 Å². The Morgan fingerprint density at radius 3 is 2.34 bits per heavy atom. The Morgan fingerprint density at radius 1 is 1.06 bits per heavy atom. The molecule has 0 bridgehead atoms. The van der Waals surface area contributed by atoms with Crippen LogP contribution in [-0.4, -0.2) is 125 Å². The molecule has 0 radical (unpaired) electrons. The van der Waals surface area contributed by atoms with Gasteiger partial charge in [0.15, 0.2) is 12.1 Å². The van der Waals surface area contributed by atoms with Crippen LogP contribution in [-0.2, 0) is 55.1 Å². The van der Waals surface area contributed by atoms with Crippen molar-refractivity contribution in [3.63, 3.8) is 0 Å². The number of imidazole rings is 1. The molecule has 1 fully saturated rings. The fraction of sp³-hybridized carbons (Fsp3) is 0.463. The number of methoxy groups -OCH3 is 1. The highest BCUT2D eigenvalue weighted by Crippen LogP contribution is 2.37. The molecule has 3 atom stereocenters. The summed E-state index contributed by atoms with van der Waals surface area (Å²) in [6.07, 6.45) is 10.8. The second kappa shape index (κ2) is 28.2. The maximum Gasteiger partial charge on any atom is 0.293 e. The van der Waals surface area contributed by atoms with Gasteiger partial charge in [-0.15, -0.1) is 0 Å². The zero-order chi connectivity index (χ0) is 53.0. The first kappa shape index (κ1) is 58.6. The number of carbonyl (C=O) groups is 5. The van der Waals surface area contributed by atoms with Crippen molar-refractivity contribution in [3.05, 3.63) is 96.2 Å². The van der Waals surface area contributed by atoms with E-state index >= 15 is 0 Å². The zero-order valence-electron chi connectivity index (χ0n) is 43.9. The van der Waals surface area contributed by atoms with E-state index in [4.69, 9.17) is 9.47 Å². The highest BCUT2D eigenvalue weighted by molar-refractivity contribution is 5.98. The number of hydrogen-bond acceptors (Lipinski definition) is 12. The summed E-state index contributed by atoms with van der Waals surface area (Å²) in [7, 11) is 7.01. The van der Waals surface area contributed by atoms with Crippen LogP contribution < -0.4 is 16.1 Å². The number of aliphatic imine (C=N–C) groups is 1. The van der Waals surface area contributed by atoms with Crippen molar-refractivity contribution in [2.24, 2.45) is 23.4 Å². The van der Waals surface area contributed by atoms with Crippen LogP contribution >= 0.6 is 0 Å². The van der Waals surface area contributed by atoms with Gasteiger partial charge in [0.05, 0.1) is 30.6 Å². The highest BCUT2D eigenvalue weighted by atomic mass is 16.5. The van der Waals surface area contributed by atoms with E-state index in [1.54, 1.807) is 43.6 Å². The number of likely N-dealkylation sites (N-methyl/N-ethyl adjacent to an activating group) is 1. The lowest BCUT2D eigenvalue weighted by Crippen LogP contribution is -2.58. The maximum atomic E-state index is 14.0. The number of aldehydes is 1. The third kappa shape index (κ3) is 16.2. The van der Waals surface area contributed by atoms with Crippen molar-refractivity contribution in [2.75, 3.05) is 46.2 Å². The van der Waals surface area contributed by atoms with Crippen LogP contribution in [0.5, 0.6) is 5.75 Å². The SMILES string of the molecule is C=CC(=O)Nc1cnc(C=O)n1C.C=CC=N/C(=C/c1c(CC(C)(C)COC=O)c2cc(-c3cc(O)cc(CC(NC(=O)C(C(C)C)N(C)C)C(=O)N4CCCCN4)c3)ccc2n1CC)C(C)OC.CC. The molecule has 0 aliphatic carbocycles. The highest BCUT2D eigenvalue weighted by Gasteiger charge is 2.32. The fourth-order valence-corrected chi connectivity index (χ4v) is 8.44. The molecule has 4 N–H and O–H groups in total. The fourth-order valence-electron chi connectivity index (χ4n) is 8.44. The van der Waals surface area contributed by atoms with Crippen molar-refractivity contribution in [1.29, 1.82) is 0 Å². The minimum absolute atomic E-state index is 0.0255. The second-order valence-electron chi connectivity index (χ2n) is 18.3. The lowest BCUT2D eigenvalue weighted by atomic mass is 9.85. The van der Waals surface area contributed by atoms with Gasteiger partial charge in [-0.25, -0.2) is 10.4 Å². The number of ether oxygens (including phenoxy) is 2. The maximum absolute atomic E-state index is 14.0. The summed E-state index contributed by atoms with van der Waals surface area (Å²) >= 11 is 0. The number of phenols is 1. The first-order valence-electron chi connectivity index (χ1n) is 24.2. The molecule has 71 heavy (non-hydrogen) atoms. The number of aryl methyl sites for hydroxylation is 1. The standard InChI is InChI=1S/C44H62N6O6.C8H9N3O2.C2H6/c1-11-17-45-37(30(5)55-10)25-40-36(26-44(6,7)27-56-28-51)35-24-32(15-16-39(35)49(40)12-2)33-20-31(21-34(52)23-33)22-38(43(54)50-19-14-13-18-46-50)47-42(53)41(29(3)4)48(8)9;1-3-8(13)10-6-4-9-7(5-12)11(6)2;1-2/h11,15-17,20-21,23-25,28-30,38,41,46,52H,1,12-14,18-19,22,26-27H2,2-10H3,(H,47,53);3-5H,1H2,2H3,(H,10,13);1-2H3/b37-25+,45-17?;;. The molecule has 1 aliphatic heterocycles. The van der Waals surface area contributed by atoms with E-state index in [0.717, 1.165) is 57.9 Å². The average Bonchev–Trinajstić information content (AvgIpc) is 3.85. The van der Waals surface area contributed by atoms with E-state index in [2.05, 4.69) is 82.7 Å². The predicted octanol–water partition coefficient (Wildman–Crippen LogP) is 7.53. The molecule has 0 saturated carbocycles. The normalized spacial score (nSPS) is 14.2. The molecule has 17 nitrogen and oxygen atoms in total. The van der Waals surface area contributed by atoms with Crippen LogP contribution in [0, 0.1) is 11.3 Å². The van der Waals surface area contributed by atoms with Gasteiger partial charge in [-0.05, 0) is 112 Å². The number of hydrogen-bond donors (Lipinski definition) is 4. The van der Waals surface area contributed by atoms with Crippen LogP contribution in [0.1, 0.15) is 95.7 Å². The van der Waals surface area contributed by atoms with Crippen LogP contribution in [0.2, 0.25) is 0 Å². The Balaban J connectivity index is 0.000000761. The summed E-state index contributed by atoms with van der Waals surface area (Å²) < 4.78 is 14.7. The Morgan fingerprint density at radius 2 is 1.77 bits per heavy atom. The number of carbonyl (C=O) groups excluding carboxylic acids is 5. The number of fused-ring (bicyclic) bond motifs is 1. The molecule has 17 heteroatoms. The molecule has 1 saturated heterocycles. The smallest absolute Gasteiger partial charge is 0.293 e. The predicted molar refractivity (Wildman–Crippen MR) is 283 cm³/mol. The van der Waals surface area contributed by atoms with E-state index in [1.807, 2.05) is 65.7 Å². The summed E-state index contributed by atoms with van der Waals surface area (Å²) in [6, 6.07) is 10.3. The molecule has 0 spiro atoms. The number of hydrazine groups is 1. The van der Waals surface area contributed by atoms with Crippen molar-refractivity contribution in [3.8, 4) is 16.9 Å². The van der Waals surface area contributed by atoms with E-state index < -0.39 is 17.5 Å². The number of benzene rings is 2. The Kier molecular flexibility index (Phi) is 23.3. The lowest BCUT2D eigenvalue weighted by molar-refractivity contribution is -0.141. The second-order valence-corrected chi connectivity index (χ2v) is 18.3. The van der Waals surface area contributed by atoms with Crippen LogP contribution in [0.15, 0.2) is 78.6 Å². The number of amides is 3. The molecule has 1 aliphatic rings. The van der Waals surface area contributed by atoms with Gasteiger partial charge >= 0.3 is 0 Å². The molecule has 3 unspecified atom stereocenters. The quantitative estimate of drug-likeness (QED) is 0.0345. The minimum Gasteiger partial charge on any atom is -0.508 e. The number of aromatic hydroxyl groups is 1. The van der Waals surface area contributed by atoms with E-state index in [0.29, 0.717) is 50.2 Å². The number of anilines is 1. The largest absolute Gasteiger partial charge is 0.508 e. The molecule has 2 aromatic carbocycles. The van der Waals surface area contributed by atoms with Crippen LogP contribution in [0.4, 0.5) is 5.82 Å². The van der Waals surface area contributed by atoms with Crippen molar-refractivity contribution in [2.45, 2.75) is 106 Å². The third-order valence-corrected chi connectivity index (χ3v) is 11.9. The summed E-state index contributed by atoms with van der Waals surface area (Å²) in [5.41, 5.74) is 8.91.